The van der Waals surface area contributed by atoms with Gasteiger partial charge in [-0.1, -0.05) is 19.9 Å². The molecule has 0 saturated carbocycles. The van der Waals surface area contributed by atoms with E-state index >= 15 is 0 Å². The number of rotatable bonds is 10. The maximum Gasteiger partial charge on any atom is 0.251 e. The second-order valence-corrected chi connectivity index (χ2v) is 9.07. The first-order valence-corrected chi connectivity index (χ1v) is 11.1. The van der Waals surface area contributed by atoms with Crippen LogP contribution in [0.1, 0.15) is 30.6 Å². The zero-order valence-electron chi connectivity index (χ0n) is 16.7. The maximum atomic E-state index is 12.5. The third-order valence-electron chi connectivity index (χ3n) is 4.65. The topological polar surface area (TPSA) is 87.7 Å². The molecule has 1 atom stereocenters. The van der Waals surface area contributed by atoms with Gasteiger partial charge in [0.2, 0.25) is 10.0 Å². The molecule has 2 N–H and O–H groups in total. The minimum absolute atomic E-state index is 0.122. The van der Waals surface area contributed by atoms with Gasteiger partial charge in [0.25, 0.3) is 5.91 Å². The van der Waals surface area contributed by atoms with Crippen LogP contribution in [-0.2, 0) is 14.8 Å². The second kappa shape index (κ2) is 10.7. The molecule has 1 fully saturated rings. The highest BCUT2D eigenvalue weighted by Crippen LogP contribution is 2.14. The summed E-state index contributed by atoms with van der Waals surface area (Å²) in [5, 5.41) is 2.99. The summed E-state index contributed by atoms with van der Waals surface area (Å²) < 4.78 is 32.0. The molecular formula is C20H31N3O4S. The monoisotopic (exact) mass is 409 g/mol. The first kappa shape index (κ1) is 22.5. The SMILES string of the molecule is C=CCNS(=O)(=O)c1ccc(C(=O)NCC(CC(C)C)N2CCOCC2)cc1. The molecule has 0 aliphatic carbocycles. The van der Waals surface area contributed by atoms with Crippen LogP contribution in [0.25, 0.3) is 0 Å². The van der Waals surface area contributed by atoms with E-state index in [0.29, 0.717) is 18.0 Å². The molecule has 1 unspecified atom stereocenters. The Morgan fingerprint density at radius 1 is 1.25 bits per heavy atom. The van der Waals surface area contributed by atoms with E-state index in [0.717, 1.165) is 32.7 Å². The first-order valence-electron chi connectivity index (χ1n) is 9.64. The molecule has 1 amide bonds. The number of sulfonamides is 1. The van der Waals surface area contributed by atoms with E-state index in [1.165, 1.54) is 30.3 Å². The fourth-order valence-electron chi connectivity index (χ4n) is 3.20. The molecule has 0 aromatic heterocycles. The fourth-order valence-corrected chi connectivity index (χ4v) is 4.20. The quantitative estimate of drug-likeness (QED) is 0.574. The molecule has 156 valence electrons. The first-order chi connectivity index (χ1) is 13.3. The number of nitrogens with zero attached hydrogens (tertiary/aromatic N) is 1. The summed E-state index contributed by atoms with van der Waals surface area (Å²) in [5.74, 6) is 0.322. The summed E-state index contributed by atoms with van der Waals surface area (Å²) in [6, 6.07) is 6.20. The van der Waals surface area contributed by atoms with Crippen molar-refractivity contribution < 1.29 is 17.9 Å². The molecular weight excluding hydrogens is 378 g/mol. The van der Waals surface area contributed by atoms with E-state index in [9.17, 15) is 13.2 Å². The highest BCUT2D eigenvalue weighted by Gasteiger charge is 2.23. The van der Waals surface area contributed by atoms with Gasteiger partial charge < -0.3 is 10.1 Å². The van der Waals surface area contributed by atoms with Crippen LogP contribution >= 0.6 is 0 Å². The number of morpholine rings is 1. The van der Waals surface area contributed by atoms with Gasteiger partial charge in [-0.25, -0.2) is 13.1 Å². The van der Waals surface area contributed by atoms with Crippen molar-refractivity contribution in [1.82, 2.24) is 14.9 Å². The number of ether oxygens (including phenoxy) is 1. The molecule has 28 heavy (non-hydrogen) atoms. The molecule has 0 spiro atoms. The minimum Gasteiger partial charge on any atom is -0.379 e. The summed E-state index contributed by atoms with van der Waals surface area (Å²) in [4.78, 5) is 15.0. The van der Waals surface area contributed by atoms with Crippen molar-refractivity contribution in [3.05, 3.63) is 42.5 Å². The Morgan fingerprint density at radius 2 is 1.89 bits per heavy atom. The Balaban J connectivity index is 1.97. The van der Waals surface area contributed by atoms with Crippen LogP contribution in [-0.4, -0.2) is 64.7 Å². The number of carbonyl (C=O) groups excluding carboxylic acids is 1. The third-order valence-corrected chi connectivity index (χ3v) is 6.09. The fraction of sp³-hybridized carbons (Fsp3) is 0.550. The van der Waals surface area contributed by atoms with Crippen LogP contribution in [0.5, 0.6) is 0 Å². The number of amides is 1. The van der Waals surface area contributed by atoms with Crippen LogP contribution in [0.15, 0.2) is 41.8 Å². The lowest BCUT2D eigenvalue weighted by atomic mass is 10.0. The number of hydrogen-bond acceptors (Lipinski definition) is 5. The summed E-state index contributed by atoms with van der Waals surface area (Å²) >= 11 is 0. The smallest absolute Gasteiger partial charge is 0.251 e. The minimum atomic E-state index is -3.59. The molecule has 7 nitrogen and oxygen atoms in total. The van der Waals surface area contributed by atoms with Crippen LogP contribution in [0, 0.1) is 5.92 Å². The Labute approximate surface area is 168 Å². The predicted octanol–water partition coefficient (Wildman–Crippen LogP) is 1.63. The Bertz CT molecular complexity index is 741. The Hall–Kier alpha value is -1.74. The highest BCUT2D eigenvalue weighted by atomic mass is 32.2. The van der Waals surface area contributed by atoms with Gasteiger partial charge >= 0.3 is 0 Å². The molecule has 1 aromatic carbocycles. The molecule has 1 aliphatic rings. The van der Waals surface area contributed by atoms with E-state index in [1.54, 1.807) is 0 Å². The lowest BCUT2D eigenvalue weighted by Gasteiger charge is -2.35. The maximum absolute atomic E-state index is 12.5. The van der Waals surface area contributed by atoms with Gasteiger partial charge in [0.1, 0.15) is 0 Å². The standard InChI is InChI=1S/C20H31N3O4S/c1-4-9-22-28(25,26)19-7-5-17(6-8-19)20(24)21-15-18(14-16(2)3)23-10-12-27-13-11-23/h4-8,16,18,22H,1,9-15H2,2-3H3,(H,21,24). The predicted molar refractivity (Wildman–Crippen MR) is 110 cm³/mol. The van der Waals surface area contributed by atoms with E-state index in [-0.39, 0.29) is 23.4 Å². The zero-order chi connectivity index (χ0) is 20.6. The number of nitrogens with one attached hydrogen (secondary N) is 2. The third kappa shape index (κ3) is 6.70. The van der Waals surface area contributed by atoms with E-state index in [1.807, 2.05) is 0 Å². The van der Waals surface area contributed by atoms with Gasteiger partial charge in [-0.05, 0) is 36.6 Å². The lowest BCUT2D eigenvalue weighted by Crippen LogP contribution is -2.49. The van der Waals surface area contributed by atoms with E-state index in [4.69, 9.17) is 4.74 Å². The van der Waals surface area contributed by atoms with Crippen molar-refractivity contribution in [2.24, 2.45) is 5.92 Å². The van der Waals surface area contributed by atoms with Crippen molar-refractivity contribution in [2.45, 2.75) is 31.2 Å². The Kier molecular flexibility index (Phi) is 8.62. The van der Waals surface area contributed by atoms with Gasteiger partial charge in [0.05, 0.1) is 18.1 Å². The average Bonchev–Trinajstić information content (AvgIpc) is 2.70. The van der Waals surface area contributed by atoms with Crippen molar-refractivity contribution in [2.75, 3.05) is 39.4 Å². The number of hydrogen-bond donors (Lipinski definition) is 2. The van der Waals surface area contributed by atoms with Gasteiger partial charge in [-0.3, -0.25) is 9.69 Å². The van der Waals surface area contributed by atoms with E-state index in [2.05, 4.69) is 35.4 Å². The van der Waals surface area contributed by atoms with Crippen LogP contribution in [0.2, 0.25) is 0 Å². The molecule has 1 aromatic rings. The summed E-state index contributed by atoms with van der Waals surface area (Å²) in [6.45, 7) is 11.7. The van der Waals surface area contributed by atoms with Crippen molar-refractivity contribution in [3.8, 4) is 0 Å². The van der Waals surface area contributed by atoms with Crippen molar-refractivity contribution in [1.29, 1.82) is 0 Å². The number of carbonyl (C=O) groups is 1. The molecule has 1 heterocycles. The largest absolute Gasteiger partial charge is 0.379 e. The molecule has 1 saturated heterocycles. The normalized spacial score (nSPS) is 16.7. The second-order valence-electron chi connectivity index (χ2n) is 7.31. The van der Waals surface area contributed by atoms with Gasteiger partial charge in [-0.2, -0.15) is 0 Å². The van der Waals surface area contributed by atoms with Gasteiger partial charge in [0, 0.05) is 37.8 Å². The van der Waals surface area contributed by atoms with Gasteiger partial charge in [0.15, 0.2) is 0 Å². The van der Waals surface area contributed by atoms with Crippen LogP contribution in [0.4, 0.5) is 0 Å². The Morgan fingerprint density at radius 3 is 2.46 bits per heavy atom. The molecule has 1 aliphatic heterocycles. The summed E-state index contributed by atoms with van der Waals surface area (Å²) in [6.07, 6.45) is 2.47. The average molecular weight is 410 g/mol. The molecule has 0 bridgehead atoms. The zero-order valence-corrected chi connectivity index (χ0v) is 17.5. The van der Waals surface area contributed by atoms with Crippen LogP contribution < -0.4 is 10.0 Å². The van der Waals surface area contributed by atoms with Crippen molar-refractivity contribution >= 4 is 15.9 Å². The lowest BCUT2D eigenvalue weighted by molar-refractivity contribution is 0.0124. The highest BCUT2D eigenvalue weighted by molar-refractivity contribution is 7.89. The summed E-state index contributed by atoms with van der Waals surface area (Å²) in [5.41, 5.74) is 0.438. The molecule has 2 rings (SSSR count). The van der Waals surface area contributed by atoms with Gasteiger partial charge in [-0.15, -0.1) is 6.58 Å². The summed E-state index contributed by atoms with van der Waals surface area (Å²) in [7, 11) is -3.59. The molecule has 8 heteroatoms. The molecule has 0 radical (unpaired) electrons. The van der Waals surface area contributed by atoms with E-state index < -0.39 is 10.0 Å². The number of benzene rings is 1. The van der Waals surface area contributed by atoms with Crippen LogP contribution in [0.3, 0.4) is 0 Å². The van der Waals surface area contributed by atoms with Crippen molar-refractivity contribution in [3.63, 3.8) is 0 Å².